The minimum absolute atomic E-state index is 0.00522. The number of hydrogen-bond acceptors (Lipinski definition) is 6. The van der Waals surface area contributed by atoms with Crippen molar-refractivity contribution in [2.75, 3.05) is 44.2 Å². The monoisotopic (exact) mass is 465 g/mol. The molecule has 3 aliphatic heterocycles. The summed E-state index contributed by atoms with van der Waals surface area (Å²) >= 11 is 0. The largest absolute Gasteiger partial charge is 0.459 e. The molecule has 3 fully saturated rings. The summed E-state index contributed by atoms with van der Waals surface area (Å²) in [4.78, 5) is 44.1. The van der Waals surface area contributed by atoms with Gasteiger partial charge in [-0.15, -0.1) is 0 Å². The minimum Gasteiger partial charge on any atom is -0.459 e. The lowest BCUT2D eigenvalue weighted by Crippen LogP contribution is -2.58. The number of piperazine rings is 2. The number of anilines is 1. The average molecular weight is 466 g/mol. The molecule has 3 saturated heterocycles. The Bertz CT molecular complexity index is 1000. The molecule has 3 amide bonds. The van der Waals surface area contributed by atoms with E-state index in [0.29, 0.717) is 32.4 Å². The third-order valence-electron chi connectivity index (χ3n) is 7.15. The molecule has 4 heterocycles. The van der Waals surface area contributed by atoms with Gasteiger partial charge in [0.05, 0.1) is 12.3 Å². The Morgan fingerprint density at radius 1 is 1.06 bits per heavy atom. The van der Waals surface area contributed by atoms with Crippen LogP contribution in [-0.2, 0) is 9.59 Å². The maximum atomic E-state index is 12.9. The topological polar surface area (TPSA) is 98.1 Å². The van der Waals surface area contributed by atoms with Gasteiger partial charge in [-0.05, 0) is 37.1 Å². The standard InChI is InChI=1S/C25H31N5O4/c31-23(29-12-10-28(11-13-29)19-5-2-1-3-6-19)9-8-20-16-26-24(32)21-15-18(17-30(20)21)27-25(33)22-7-4-14-34-22/h1-7,14,18,20-21H,8-13,15-17H2,(H,26,32)(H,27,33). The van der Waals surface area contributed by atoms with Gasteiger partial charge >= 0.3 is 0 Å². The van der Waals surface area contributed by atoms with Crippen molar-refractivity contribution in [3.8, 4) is 0 Å². The number of nitrogens with one attached hydrogen (secondary N) is 2. The van der Waals surface area contributed by atoms with Crippen LogP contribution in [0.15, 0.2) is 53.1 Å². The molecule has 2 N–H and O–H groups in total. The van der Waals surface area contributed by atoms with Crippen molar-refractivity contribution in [1.29, 1.82) is 0 Å². The first-order valence-corrected chi connectivity index (χ1v) is 12.0. The first-order valence-electron chi connectivity index (χ1n) is 12.0. The zero-order valence-electron chi connectivity index (χ0n) is 19.2. The van der Waals surface area contributed by atoms with Gasteiger partial charge in [0.15, 0.2) is 5.76 Å². The molecule has 180 valence electrons. The fourth-order valence-corrected chi connectivity index (χ4v) is 5.31. The highest BCUT2D eigenvalue weighted by molar-refractivity contribution is 5.91. The van der Waals surface area contributed by atoms with E-state index in [1.807, 2.05) is 23.1 Å². The van der Waals surface area contributed by atoms with Gasteiger partial charge in [-0.1, -0.05) is 18.2 Å². The molecule has 1 aromatic heterocycles. The van der Waals surface area contributed by atoms with Gasteiger partial charge in [-0.2, -0.15) is 0 Å². The lowest BCUT2D eigenvalue weighted by Gasteiger charge is -2.38. The molecule has 9 heteroatoms. The number of furan rings is 1. The molecular formula is C25H31N5O4. The van der Waals surface area contributed by atoms with E-state index in [9.17, 15) is 14.4 Å². The first kappa shape index (κ1) is 22.5. The van der Waals surface area contributed by atoms with E-state index >= 15 is 0 Å². The number of benzene rings is 1. The number of nitrogens with zero attached hydrogens (tertiary/aromatic N) is 3. The van der Waals surface area contributed by atoms with Crippen molar-refractivity contribution < 1.29 is 18.8 Å². The highest BCUT2D eigenvalue weighted by Crippen LogP contribution is 2.26. The number of rotatable bonds is 6. The van der Waals surface area contributed by atoms with Crippen molar-refractivity contribution in [2.24, 2.45) is 0 Å². The Kier molecular flexibility index (Phi) is 6.53. The second-order valence-electron chi connectivity index (χ2n) is 9.24. The van der Waals surface area contributed by atoms with Gasteiger partial charge in [-0.25, -0.2) is 0 Å². The lowest BCUT2D eigenvalue weighted by atomic mass is 10.0. The van der Waals surface area contributed by atoms with E-state index < -0.39 is 0 Å². The summed E-state index contributed by atoms with van der Waals surface area (Å²) < 4.78 is 5.17. The molecule has 9 nitrogen and oxygen atoms in total. The van der Waals surface area contributed by atoms with E-state index in [-0.39, 0.29) is 41.6 Å². The summed E-state index contributed by atoms with van der Waals surface area (Å²) in [6, 6.07) is 13.3. The molecule has 3 atom stereocenters. The van der Waals surface area contributed by atoms with Gasteiger partial charge in [-0.3, -0.25) is 19.3 Å². The quantitative estimate of drug-likeness (QED) is 0.663. The maximum Gasteiger partial charge on any atom is 0.287 e. The van der Waals surface area contributed by atoms with E-state index in [4.69, 9.17) is 4.42 Å². The zero-order chi connectivity index (χ0) is 23.5. The van der Waals surface area contributed by atoms with Crippen LogP contribution >= 0.6 is 0 Å². The highest BCUT2D eigenvalue weighted by Gasteiger charge is 2.44. The number of carbonyl (C=O) groups is 3. The number of fused-ring (bicyclic) bond motifs is 1. The molecule has 0 saturated carbocycles. The van der Waals surface area contributed by atoms with Crippen LogP contribution in [0.5, 0.6) is 0 Å². The summed E-state index contributed by atoms with van der Waals surface area (Å²) in [5.74, 6) is 0.165. The molecule has 3 aliphatic rings. The van der Waals surface area contributed by atoms with Gasteiger partial charge < -0.3 is 24.9 Å². The summed E-state index contributed by atoms with van der Waals surface area (Å²) in [5, 5.41) is 5.97. The van der Waals surface area contributed by atoms with Crippen molar-refractivity contribution in [3.63, 3.8) is 0 Å². The van der Waals surface area contributed by atoms with Gasteiger partial charge in [0, 0.05) is 63.5 Å². The van der Waals surface area contributed by atoms with Crippen LogP contribution in [0, 0.1) is 0 Å². The van der Waals surface area contributed by atoms with Crippen LogP contribution in [0.2, 0.25) is 0 Å². The maximum absolute atomic E-state index is 12.9. The second-order valence-corrected chi connectivity index (χ2v) is 9.24. The highest BCUT2D eigenvalue weighted by atomic mass is 16.3. The Hall–Kier alpha value is -3.33. The summed E-state index contributed by atoms with van der Waals surface area (Å²) in [6.07, 6.45) is 3.17. The van der Waals surface area contributed by atoms with E-state index in [2.05, 4.69) is 32.6 Å². The van der Waals surface area contributed by atoms with Crippen LogP contribution in [0.3, 0.4) is 0 Å². The van der Waals surface area contributed by atoms with Crippen LogP contribution < -0.4 is 15.5 Å². The number of para-hydroxylation sites is 1. The smallest absolute Gasteiger partial charge is 0.287 e. The van der Waals surface area contributed by atoms with Crippen molar-refractivity contribution in [3.05, 3.63) is 54.5 Å². The molecule has 3 unspecified atom stereocenters. The minimum atomic E-state index is -0.273. The number of hydrogen-bond donors (Lipinski definition) is 2. The van der Waals surface area contributed by atoms with Crippen molar-refractivity contribution in [1.82, 2.24) is 20.4 Å². The van der Waals surface area contributed by atoms with Gasteiger partial charge in [0.25, 0.3) is 5.91 Å². The Balaban J connectivity index is 1.12. The van der Waals surface area contributed by atoms with Crippen LogP contribution in [0.25, 0.3) is 0 Å². The third-order valence-corrected chi connectivity index (χ3v) is 7.15. The Morgan fingerprint density at radius 2 is 1.85 bits per heavy atom. The van der Waals surface area contributed by atoms with Crippen molar-refractivity contribution in [2.45, 2.75) is 37.4 Å². The fourth-order valence-electron chi connectivity index (χ4n) is 5.31. The third kappa shape index (κ3) is 4.79. The predicted octanol–water partition coefficient (Wildman–Crippen LogP) is 1.08. The molecule has 0 aliphatic carbocycles. The summed E-state index contributed by atoms with van der Waals surface area (Å²) in [6.45, 7) is 4.24. The number of carbonyl (C=O) groups excluding carboxylic acids is 3. The zero-order valence-corrected chi connectivity index (χ0v) is 19.2. The normalized spacial score (nSPS) is 25.1. The molecule has 2 aromatic rings. The summed E-state index contributed by atoms with van der Waals surface area (Å²) in [7, 11) is 0. The van der Waals surface area contributed by atoms with Gasteiger partial charge in [0.2, 0.25) is 11.8 Å². The molecule has 0 radical (unpaired) electrons. The van der Waals surface area contributed by atoms with E-state index in [1.54, 1.807) is 12.1 Å². The van der Waals surface area contributed by atoms with Crippen LogP contribution in [0.4, 0.5) is 5.69 Å². The van der Waals surface area contributed by atoms with Crippen LogP contribution in [0.1, 0.15) is 29.8 Å². The predicted molar refractivity (Wildman–Crippen MR) is 126 cm³/mol. The van der Waals surface area contributed by atoms with Crippen molar-refractivity contribution >= 4 is 23.4 Å². The van der Waals surface area contributed by atoms with Crippen LogP contribution in [-0.4, -0.2) is 84.9 Å². The fraction of sp³-hybridized carbons (Fsp3) is 0.480. The molecule has 1 aromatic carbocycles. The van der Waals surface area contributed by atoms with E-state index in [0.717, 1.165) is 26.2 Å². The average Bonchev–Trinajstić information content (AvgIpc) is 3.55. The Labute approximate surface area is 199 Å². The molecule has 34 heavy (non-hydrogen) atoms. The van der Waals surface area contributed by atoms with E-state index in [1.165, 1.54) is 12.0 Å². The molecule has 5 rings (SSSR count). The summed E-state index contributed by atoms with van der Waals surface area (Å²) in [5.41, 5.74) is 1.20. The second kappa shape index (κ2) is 9.89. The first-order chi connectivity index (χ1) is 16.6. The molecule has 0 spiro atoms. The molecule has 0 bridgehead atoms. The molecular weight excluding hydrogens is 434 g/mol. The lowest BCUT2D eigenvalue weighted by molar-refractivity contribution is -0.132. The number of amides is 3. The van der Waals surface area contributed by atoms with Gasteiger partial charge in [0.1, 0.15) is 0 Å². The Morgan fingerprint density at radius 3 is 2.59 bits per heavy atom. The SMILES string of the molecule is O=C(NC1CC2C(=O)NCC(CCC(=O)N3CCN(c4ccccc4)CC3)N2C1)c1ccco1.